The molecule has 1 aliphatic rings. The van der Waals surface area contributed by atoms with Crippen LogP contribution in [0, 0.1) is 0 Å². The van der Waals surface area contributed by atoms with Gasteiger partial charge in [-0.1, -0.05) is 0 Å². The first-order valence-corrected chi connectivity index (χ1v) is 7.07. The molecule has 1 N–H and O–H groups in total. The lowest BCUT2D eigenvalue weighted by atomic mass is 9.86. The molecule has 1 aromatic rings. The van der Waals surface area contributed by atoms with Gasteiger partial charge >= 0.3 is 6.09 Å². The summed E-state index contributed by atoms with van der Waals surface area (Å²) in [4.78, 5) is 13.2. The predicted molar refractivity (Wildman–Crippen MR) is 73.2 cm³/mol. The Hall–Kier alpha value is -1.66. The van der Waals surface area contributed by atoms with Crippen LogP contribution in [0.25, 0.3) is 0 Å². The van der Waals surface area contributed by atoms with Crippen LogP contribution >= 0.6 is 0 Å². The maximum atomic E-state index is 11.7. The van der Waals surface area contributed by atoms with Crippen LogP contribution in [0.4, 0.5) is 4.79 Å². The fraction of sp³-hybridized carbons (Fsp3) is 0.846. The molecule has 1 heterocycles. The van der Waals surface area contributed by atoms with Gasteiger partial charge < -0.3 is 10.1 Å². The highest BCUT2D eigenvalue weighted by atomic mass is 16.6. The van der Waals surface area contributed by atoms with E-state index in [2.05, 4.69) is 20.7 Å². The Labute approximate surface area is 119 Å². The van der Waals surface area contributed by atoms with Gasteiger partial charge in [-0.15, -0.1) is 10.2 Å². The lowest BCUT2D eigenvalue weighted by molar-refractivity contribution is 0.0491. The Morgan fingerprint density at radius 2 is 1.95 bits per heavy atom. The summed E-state index contributed by atoms with van der Waals surface area (Å²) in [6.45, 7) is 5.59. The predicted octanol–water partition coefficient (Wildman–Crippen LogP) is 1.76. The second-order valence-electron chi connectivity index (χ2n) is 6.33. The minimum atomic E-state index is -0.454. The first-order valence-electron chi connectivity index (χ1n) is 7.07. The Morgan fingerprint density at radius 3 is 2.45 bits per heavy atom. The van der Waals surface area contributed by atoms with Crippen molar-refractivity contribution >= 4 is 6.09 Å². The number of hydrogen-bond donors (Lipinski definition) is 1. The van der Waals surface area contributed by atoms with Crippen molar-refractivity contribution in [2.45, 2.75) is 64.0 Å². The van der Waals surface area contributed by atoms with Crippen molar-refractivity contribution in [3.63, 3.8) is 0 Å². The molecule has 7 nitrogen and oxygen atoms in total. The van der Waals surface area contributed by atoms with Crippen LogP contribution < -0.4 is 5.32 Å². The second kappa shape index (κ2) is 5.76. The zero-order chi connectivity index (χ0) is 14.8. The molecule has 0 atom stereocenters. The van der Waals surface area contributed by atoms with Gasteiger partial charge in [0.25, 0.3) is 0 Å². The molecule has 0 bridgehead atoms. The maximum Gasteiger partial charge on any atom is 0.407 e. The highest BCUT2D eigenvalue weighted by molar-refractivity contribution is 5.68. The molecule has 1 amide bonds. The molecule has 2 rings (SSSR count). The summed E-state index contributed by atoms with van der Waals surface area (Å²) < 4.78 is 5.27. The van der Waals surface area contributed by atoms with Gasteiger partial charge in [0.1, 0.15) is 5.60 Å². The molecule has 7 heteroatoms. The van der Waals surface area contributed by atoms with E-state index in [1.807, 2.05) is 20.8 Å². The Bertz CT molecular complexity index is 458. The quantitative estimate of drug-likeness (QED) is 0.893. The molecular formula is C13H23N5O2. The van der Waals surface area contributed by atoms with Gasteiger partial charge in [0, 0.05) is 12.0 Å². The lowest BCUT2D eigenvalue weighted by Gasteiger charge is -2.28. The van der Waals surface area contributed by atoms with E-state index in [4.69, 9.17) is 4.74 Å². The van der Waals surface area contributed by atoms with E-state index in [9.17, 15) is 4.79 Å². The van der Waals surface area contributed by atoms with E-state index in [-0.39, 0.29) is 12.1 Å². The van der Waals surface area contributed by atoms with Crippen molar-refractivity contribution in [3.05, 3.63) is 5.82 Å². The zero-order valence-electron chi connectivity index (χ0n) is 12.6. The third-order valence-electron chi connectivity index (χ3n) is 3.34. The van der Waals surface area contributed by atoms with Crippen LogP contribution in [0.5, 0.6) is 0 Å². The lowest BCUT2D eigenvalue weighted by Crippen LogP contribution is -2.40. The monoisotopic (exact) mass is 281 g/mol. The minimum absolute atomic E-state index is 0.178. The molecular weight excluding hydrogens is 258 g/mol. The topological polar surface area (TPSA) is 81.9 Å². The molecule has 1 saturated carbocycles. The Balaban J connectivity index is 1.78. The molecule has 20 heavy (non-hydrogen) atoms. The average molecular weight is 281 g/mol. The molecule has 1 aromatic heterocycles. The molecule has 0 unspecified atom stereocenters. The summed E-state index contributed by atoms with van der Waals surface area (Å²) >= 11 is 0. The number of rotatable bonds is 2. The molecule has 0 spiro atoms. The van der Waals surface area contributed by atoms with Gasteiger partial charge in [0.15, 0.2) is 5.82 Å². The van der Waals surface area contributed by atoms with Crippen molar-refractivity contribution in [2.75, 3.05) is 0 Å². The van der Waals surface area contributed by atoms with Crippen LogP contribution in [0.1, 0.15) is 58.2 Å². The molecule has 112 valence electrons. The highest BCUT2D eigenvalue weighted by Gasteiger charge is 2.27. The van der Waals surface area contributed by atoms with Gasteiger partial charge in [-0.05, 0) is 51.7 Å². The fourth-order valence-corrected chi connectivity index (χ4v) is 2.43. The van der Waals surface area contributed by atoms with Crippen LogP contribution in [0.15, 0.2) is 0 Å². The number of carbonyl (C=O) groups is 1. The molecule has 0 aliphatic heterocycles. The van der Waals surface area contributed by atoms with E-state index >= 15 is 0 Å². The number of nitrogens with one attached hydrogen (secondary N) is 1. The normalized spacial score (nSPS) is 23.4. The first-order chi connectivity index (χ1) is 9.33. The van der Waals surface area contributed by atoms with Crippen molar-refractivity contribution < 1.29 is 9.53 Å². The number of carbonyl (C=O) groups excluding carboxylic acids is 1. The van der Waals surface area contributed by atoms with E-state index in [0.717, 1.165) is 31.5 Å². The number of hydrogen-bond acceptors (Lipinski definition) is 5. The van der Waals surface area contributed by atoms with Crippen molar-refractivity contribution in [1.29, 1.82) is 0 Å². The Morgan fingerprint density at radius 1 is 1.30 bits per heavy atom. The van der Waals surface area contributed by atoms with E-state index < -0.39 is 5.60 Å². The average Bonchev–Trinajstić information content (AvgIpc) is 2.74. The number of nitrogens with zero attached hydrogens (tertiary/aromatic N) is 4. The molecule has 1 aliphatic carbocycles. The second-order valence-corrected chi connectivity index (χ2v) is 6.33. The van der Waals surface area contributed by atoms with Crippen molar-refractivity contribution in [1.82, 2.24) is 25.5 Å². The third kappa shape index (κ3) is 4.18. The fourth-order valence-electron chi connectivity index (χ4n) is 2.43. The van der Waals surface area contributed by atoms with Crippen LogP contribution in [-0.4, -0.2) is 37.9 Å². The minimum Gasteiger partial charge on any atom is -0.444 e. The van der Waals surface area contributed by atoms with E-state index in [1.165, 1.54) is 4.80 Å². The summed E-state index contributed by atoms with van der Waals surface area (Å²) in [6.07, 6.45) is 3.43. The van der Waals surface area contributed by atoms with Gasteiger partial charge in [0.2, 0.25) is 0 Å². The SMILES string of the molecule is Cn1nnc(C2CCC(NC(=O)OC(C)(C)C)CC2)n1. The number of aromatic nitrogens is 4. The van der Waals surface area contributed by atoms with E-state index in [1.54, 1.807) is 7.05 Å². The van der Waals surface area contributed by atoms with Gasteiger partial charge in [-0.2, -0.15) is 4.80 Å². The summed E-state index contributed by atoms with van der Waals surface area (Å²) in [6, 6.07) is 0.178. The highest BCUT2D eigenvalue weighted by Crippen LogP contribution is 2.30. The van der Waals surface area contributed by atoms with Gasteiger partial charge in [-0.25, -0.2) is 4.79 Å². The summed E-state index contributed by atoms with van der Waals surface area (Å²) in [5.41, 5.74) is -0.454. The Kier molecular flexibility index (Phi) is 4.25. The number of amides is 1. The van der Waals surface area contributed by atoms with Crippen LogP contribution in [0.2, 0.25) is 0 Å². The summed E-state index contributed by atoms with van der Waals surface area (Å²) in [5, 5.41) is 15.1. The van der Waals surface area contributed by atoms with E-state index in [0.29, 0.717) is 5.92 Å². The maximum absolute atomic E-state index is 11.7. The molecule has 0 radical (unpaired) electrons. The number of alkyl carbamates (subject to hydrolysis) is 1. The molecule has 1 fully saturated rings. The number of aryl methyl sites for hydroxylation is 1. The smallest absolute Gasteiger partial charge is 0.407 e. The summed E-state index contributed by atoms with van der Waals surface area (Å²) in [7, 11) is 1.77. The van der Waals surface area contributed by atoms with Gasteiger partial charge in [-0.3, -0.25) is 0 Å². The molecule has 0 aromatic carbocycles. The standard InChI is InChI=1S/C13H23N5O2/c1-13(2,3)20-12(19)14-10-7-5-9(6-8-10)11-15-17-18(4)16-11/h9-10H,5-8H2,1-4H3,(H,14,19). The third-order valence-corrected chi connectivity index (χ3v) is 3.34. The van der Waals surface area contributed by atoms with Crippen LogP contribution in [0.3, 0.4) is 0 Å². The first kappa shape index (κ1) is 14.7. The van der Waals surface area contributed by atoms with Crippen molar-refractivity contribution in [2.24, 2.45) is 7.05 Å². The largest absolute Gasteiger partial charge is 0.444 e. The van der Waals surface area contributed by atoms with Crippen LogP contribution in [-0.2, 0) is 11.8 Å². The van der Waals surface area contributed by atoms with Crippen molar-refractivity contribution in [3.8, 4) is 0 Å². The van der Waals surface area contributed by atoms with Gasteiger partial charge in [0.05, 0.1) is 7.05 Å². The number of ether oxygens (including phenoxy) is 1. The zero-order valence-corrected chi connectivity index (χ0v) is 12.6. The summed E-state index contributed by atoms with van der Waals surface area (Å²) in [5.74, 6) is 1.16. The molecule has 0 saturated heterocycles. The number of tetrazole rings is 1.